The molecule has 4 heteroatoms. The van der Waals surface area contributed by atoms with Crippen molar-refractivity contribution in [2.45, 2.75) is 12.8 Å². The highest BCUT2D eigenvalue weighted by molar-refractivity contribution is 8.02. The van der Waals surface area contributed by atoms with Gasteiger partial charge in [0.05, 0.1) is 7.11 Å². The molecule has 1 aromatic rings. The molecule has 0 atom stereocenters. The number of thioether (sulfide) groups is 1. The Morgan fingerprint density at radius 2 is 2.35 bits per heavy atom. The number of hydrogen-bond donors (Lipinski definition) is 1. The number of ether oxygens (including phenoxy) is 1. The van der Waals surface area contributed by atoms with E-state index in [4.69, 9.17) is 9.84 Å². The number of carbonyl (C=O) groups is 1. The zero-order valence-corrected chi connectivity index (χ0v) is 10.6. The van der Waals surface area contributed by atoms with Crippen molar-refractivity contribution in [3.63, 3.8) is 0 Å². The first-order valence-corrected chi connectivity index (χ1v) is 6.41. The van der Waals surface area contributed by atoms with Crippen LogP contribution in [-0.2, 0) is 11.2 Å². The number of rotatable bonds is 7. The molecule has 0 spiro atoms. The molecule has 0 heterocycles. The fraction of sp³-hybridized carbons (Fsp3) is 0.308. The van der Waals surface area contributed by atoms with E-state index in [2.05, 4.69) is 6.07 Å². The van der Waals surface area contributed by atoms with Gasteiger partial charge < -0.3 is 9.84 Å². The third-order valence-corrected chi connectivity index (χ3v) is 3.02. The number of carboxylic acid groups (broad SMARTS) is 1. The third-order valence-electron chi connectivity index (χ3n) is 2.17. The Kier molecular flexibility index (Phi) is 6.25. The fourth-order valence-corrected chi connectivity index (χ4v) is 2.02. The van der Waals surface area contributed by atoms with Crippen LogP contribution in [0.4, 0.5) is 0 Å². The number of carboxylic acids is 1. The summed E-state index contributed by atoms with van der Waals surface area (Å²) in [6, 6.07) is 8.00. The third kappa shape index (κ3) is 6.02. The Bertz CT molecular complexity index is 388. The summed E-state index contributed by atoms with van der Waals surface area (Å²) in [7, 11) is 1.66. The molecule has 0 amide bonds. The SMILES string of the molecule is COc1cccc(CCCS/C=C\C(=O)O)c1. The lowest BCUT2D eigenvalue weighted by Gasteiger charge is -2.03. The summed E-state index contributed by atoms with van der Waals surface area (Å²) in [6.45, 7) is 0. The lowest BCUT2D eigenvalue weighted by atomic mass is 10.1. The maximum absolute atomic E-state index is 10.2. The lowest BCUT2D eigenvalue weighted by Crippen LogP contribution is -1.89. The molecule has 0 aliphatic carbocycles. The summed E-state index contributed by atoms with van der Waals surface area (Å²) in [5.74, 6) is 0.896. The summed E-state index contributed by atoms with van der Waals surface area (Å²) in [6.07, 6.45) is 3.16. The van der Waals surface area contributed by atoms with Gasteiger partial charge in [-0.3, -0.25) is 0 Å². The molecule has 3 nitrogen and oxygen atoms in total. The van der Waals surface area contributed by atoms with E-state index in [9.17, 15) is 4.79 Å². The second-order valence-electron chi connectivity index (χ2n) is 3.47. The van der Waals surface area contributed by atoms with Crippen molar-refractivity contribution in [3.8, 4) is 5.75 Å². The molecular weight excluding hydrogens is 236 g/mol. The first kappa shape index (κ1) is 13.6. The molecule has 1 aromatic carbocycles. The largest absolute Gasteiger partial charge is 0.497 e. The van der Waals surface area contributed by atoms with E-state index >= 15 is 0 Å². The van der Waals surface area contributed by atoms with Gasteiger partial charge in [-0.05, 0) is 41.7 Å². The minimum Gasteiger partial charge on any atom is -0.497 e. The normalized spacial score (nSPS) is 10.6. The number of aryl methyl sites for hydroxylation is 1. The van der Waals surface area contributed by atoms with E-state index in [0.29, 0.717) is 0 Å². The van der Waals surface area contributed by atoms with Gasteiger partial charge in [0.1, 0.15) is 5.75 Å². The Hall–Kier alpha value is -1.42. The smallest absolute Gasteiger partial charge is 0.328 e. The van der Waals surface area contributed by atoms with Crippen molar-refractivity contribution in [3.05, 3.63) is 41.3 Å². The van der Waals surface area contributed by atoms with Crippen LogP contribution in [0.5, 0.6) is 5.75 Å². The molecule has 0 saturated heterocycles. The van der Waals surface area contributed by atoms with Crippen LogP contribution in [0.3, 0.4) is 0 Å². The Morgan fingerprint density at radius 3 is 3.06 bits per heavy atom. The minimum absolute atomic E-state index is 0.876. The molecule has 92 valence electrons. The maximum Gasteiger partial charge on any atom is 0.328 e. The maximum atomic E-state index is 10.2. The summed E-state index contributed by atoms with van der Waals surface area (Å²) < 4.78 is 5.14. The molecular formula is C13H16O3S. The average Bonchev–Trinajstić information content (AvgIpc) is 2.33. The van der Waals surface area contributed by atoms with Crippen LogP contribution in [0.25, 0.3) is 0 Å². The molecule has 1 N–H and O–H groups in total. The van der Waals surface area contributed by atoms with Crippen LogP contribution in [0.15, 0.2) is 35.7 Å². The predicted octanol–water partition coefficient (Wildman–Crippen LogP) is 2.96. The molecule has 0 unspecified atom stereocenters. The summed E-state index contributed by atoms with van der Waals surface area (Å²) in [5.41, 5.74) is 1.24. The second-order valence-corrected chi connectivity index (χ2v) is 4.48. The van der Waals surface area contributed by atoms with E-state index in [-0.39, 0.29) is 0 Å². The van der Waals surface area contributed by atoms with Crippen LogP contribution in [0.1, 0.15) is 12.0 Å². The van der Waals surface area contributed by atoms with Gasteiger partial charge in [-0.1, -0.05) is 12.1 Å². The quantitative estimate of drug-likeness (QED) is 0.598. The zero-order chi connectivity index (χ0) is 12.5. The molecule has 0 aliphatic rings. The van der Waals surface area contributed by atoms with Crippen LogP contribution >= 0.6 is 11.8 Å². The summed E-state index contributed by atoms with van der Waals surface area (Å²) >= 11 is 1.52. The monoisotopic (exact) mass is 252 g/mol. The van der Waals surface area contributed by atoms with Gasteiger partial charge in [0.2, 0.25) is 0 Å². The highest BCUT2D eigenvalue weighted by atomic mass is 32.2. The predicted molar refractivity (Wildman–Crippen MR) is 70.5 cm³/mol. The van der Waals surface area contributed by atoms with Crippen LogP contribution in [-0.4, -0.2) is 23.9 Å². The lowest BCUT2D eigenvalue weighted by molar-refractivity contribution is -0.131. The van der Waals surface area contributed by atoms with Gasteiger partial charge in [0.15, 0.2) is 0 Å². The second kappa shape index (κ2) is 7.79. The average molecular weight is 252 g/mol. The van der Waals surface area contributed by atoms with Gasteiger partial charge >= 0.3 is 5.97 Å². The molecule has 0 bridgehead atoms. The van der Waals surface area contributed by atoms with Gasteiger partial charge in [0, 0.05) is 6.08 Å². The molecule has 0 radical (unpaired) electrons. The highest BCUT2D eigenvalue weighted by Gasteiger charge is 1.96. The van der Waals surface area contributed by atoms with Crippen LogP contribution in [0, 0.1) is 0 Å². The van der Waals surface area contributed by atoms with E-state index in [1.807, 2.05) is 18.2 Å². The van der Waals surface area contributed by atoms with Crippen molar-refractivity contribution in [2.24, 2.45) is 0 Å². The van der Waals surface area contributed by atoms with E-state index in [1.54, 1.807) is 12.5 Å². The number of hydrogen-bond acceptors (Lipinski definition) is 3. The fourth-order valence-electron chi connectivity index (χ4n) is 1.36. The van der Waals surface area contributed by atoms with Crippen molar-refractivity contribution < 1.29 is 14.6 Å². The molecule has 1 rings (SSSR count). The van der Waals surface area contributed by atoms with Crippen molar-refractivity contribution in [1.29, 1.82) is 0 Å². The first-order chi connectivity index (χ1) is 8.22. The van der Waals surface area contributed by atoms with E-state index in [1.165, 1.54) is 17.3 Å². The van der Waals surface area contributed by atoms with E-state index < -0.39 is 5.97 Å². The van der Waals surface area contributed by atoms with Gasteiger partial charge in [0.25, 0.3) is 0 Å². The van der Waals surface area contributed by atoms with Gasteiger partial charge in [-0.25, -0.2) is 4.79 Å². The zero-order valence-electron chi connectivity index (χ0n) is 9.76. The van der Waals surface area contributed by atoms with Gasteiger partial charge in [-0.15, -0.1) is 11.8 Å². The summed E-state index contributed by atoms with van der Waals surface area (Å²) in [4.78, 5) is 10.2. The van der Waals surface area contributed by atoms with Crippen LogP contribution in [0.2, 0.25) is 0 Å². The number of aliphatic carboxylic acids is 1. The van der Waals surface area contributed by atoms with Crippen molar-refractivity contribution in [1.82, 2.24) is 0 Å². The van der Waals surface area contributed by atoms with Crippen molar-refractivity contribution in [2.75, 3.05) is 12.9 Å². The molecule has 17 heavy (non-hydrogen) atoms. The topological polar surface area (TPSA) is 46.5 Å². The molecule has 0 aliphatic heterocycles. The summed E-state index contributed by atoms with van der Waals surface area (Å²) in [5, 5.41) is 10.0. The van der Waals surface area contributed by atoms with E-state index in [0.717, 1.165) is 30.4 Å². The Labute approximate surface area is 105 Å². The van der Waals surface area contributed by atoms with Gasteiger partial charge in [-0.2, -0.15) is 0 Å². The number of methoxy groups -OCH3 is 1. The minimum atomic E-state index is -0.898. The molecule has 0 saturated carbocycles. The Morgan fingerprint density at radius 1 is 1.53 bits per heavy atom. The standard InChI is InChI=1S/C13H16O3S/c1-16-12-6-2-4-11(10-12)5-3-8-17-9-7-13(14)15/h2,4,6-7,9-10H,3,5,8H2,1H3,(H,14,15)/b9-7-. The molecule has 0 aromatic heterocycles. The highest BCUT2D eigenvalue weighted by Crippen LogP contribution is 2.15. The number of benzene rings is 1. The van der Waals surface area contributed by atoms with Crippen molar-refractivity contribution >= 4 is 17.7 Å². The Balaban J connectivity index is 2.24. The molecule has 0 fully saturated rings. The first-order valence-electron chi connectivity index (χ1n) is 5.36. The van der Waals surface area contributed by atoms with Crippen LogP contribution < -0.4 is 4.74 Å².